The lowest BCUT2D eigenvalue weighted by Crippen LogP contribution is -2.15. The highest BCUT2D eigenvalue weighted by Gasteiger charge is 2.11. The molecule has 0 spiro atoms. The Labute approximate surface area is 150 Å². The summed E-state index contributed by atoms with van der Waals surface area (Å²) in [6.45, 7) is 5.80. The molecule has 0 aromatic carbocycles. The fourth-order valence-electron chi connectivity index (χ4n) is 2.74. The maximum absolute atomic E-state index is 11.9. The van der Waals surface area contributed by atoms with Crippen molar-refractivity contribution < 1.29 is 14.4 Å². The molecule has 0 rings (SSSR count). The molecule has 0 N–H and O–H groups in total. The zero-order valence-electron chi connectivity index (χ0n) is 16.6. The van der Waals surface area contributed by atoms with Crippen molar-refractivity contribution in [1.82, 2.24) is 5.06 Å². The number of hydrogen-bond acceptors (Lipinski definition) is 4. The zero-order valence-corrected chi connectivity index (χ0v) is 16.6. The molecular formula is C20H41NO3. The number of esters is 1. The van der Waals surface area contributed by atoms with Gasteiger partial charge in [-0.25, -0.2) is 0 Å². The van der Waals surface area contributed by atoms with E-state index in [0.717, 1.165) is 25.9 Å². The van der Waals surface area contributed by atoms with Gasteiger partial charge in [-0.05, 0) is 31.6 Å². The maximum Gasteiger partial charge on any atom is 0.305 e. The molecule has 1 unspecified atom stereocenters. The van der Waals surface area contributed by atoms with Crippen LogP contribution in [-0.4, -0.2) is 38.3 Å². The van der Waals surface area contributed by atoms with Crippen LogP contribution in [0.4, 0.5) is 0 Å². The van der Waals surface area contributed by atoms with E-state index < -0.39 is 0 Å². The Balaban J connectivity index is 3.74. The van der Waals surface area contributed by atoms with Gasteiger partial charge in [0.1, 0.15) is 0 Å². The van der Waals surface area contributed by atoms with Crippen molar-refractivity contribution in [3.63, 3.8) is 0 Å². The number of hydrogen-bond donors (Lipinski definition) is 0. The predicted molar refractivity (Wildman–Crippen MR) is 101 cm³/mol. The SMILES string of the molecule is CCCCCCC(CCCC)COC(=O)CCCCCON(C)C. The second-order valence-electron chi connectivity index (χ2n) is 7.00. The lowest BCUT2D eigenvalue weighted by Gasteiger charge is -2.17. The fraction of sp³-hybridized carbons (Fsp3) is 0.950. The van der Waals surface area contributed by atoms with Crippen LogP contribution >= 0.6 is 0 Å². The van der Waals surface area contributed by atoms with Crippen LogP contribution in [0, 0.1) is 5.92 Å². The van der Waals surface area contributed by atoms with Gasteiger partial charge in [-0.2, -0.15) is 5.06 Å². The summed E-state index contributed by atoms with van der Waals surface area (Å²) >= 11 is 0. The highest BCUT2D eigenvalue weighted by Crippen LogP contribution is 2.18. The first-order chi connectivity index (χ1) is 11.6. The summed E-state index contributed by atoms with van der Waals surface area (Å²) < 4.78 is 5.52. The average molecular weight is 344 g/mol. The molecule has 0 aromatic rings. The van der Waals surface area contributed by atoms with Crippen molar-refractivity contribution in [3.05, 3.63) is 0 Å². The molecule has 0 aliphatic heterocycles. The second kappa shape index (κ2) is 17.2. The second-order valence-corrected chi connectivity index (χ2v) is 7.00. The van der Waals surface area contributed by atoms with E-state index in [9.17, 15) is 4.79 Å². The van der Waals surface area contributed by atoms with Crippen LogP contribution < -0.4 is 0 Å². The molecule has 4 heteroatoms. The van der Waals surface area contributed by atoms with Crippen molar-refractivity contribution in [3.8, 4) is 0 Å². The molecule has 0 fully saturated rings. The number of unbranched alkanes of at least 4 members (excludes halogenated alkanes) is 6. The summed E-state index contributed by atoms with van der Waals surface area (Å²) in [5.41, 5.74) is 0. The minimum absolute atomic E-state index is 0.0291. The van der Waals surface area contributed by atoms with Gasteiger partial charge < -0.3 is 4.74 Å². The topological polar surface area (TPSA) is 38.8 Å². The van der Waals surface area contributed by atoms with Gasteiger partial charge in [-0.3, -0.25) is 9.63 Å². The van der Waals surface area contributed by atoms with Crippen LogP contribution in [0.15, 0.2) is 0 Å². The van der Waals surface area contributed by atoms with Crippen molar-refractivity contribution in [2.24, 2.45) is 5.92 Å². The summed E-state index contributed by atoms with van der Waals surface area (Å²) in [5.74, 6) is 0.526. The Morgan fingerprint density at radius 1 is 0.875 bits per heavy atom. The number of carbonyl (C=O) groups is 1. The minimum atomic E-state index is -0.0291. The van der Waals surface area contributed by atoms with Gasteiger partial charge in [0.2, 0.25) is 0 Å². The van der Waals surface area contributed by atoms with E-state index in [0.29, 0.717) is 18.9 Å². The Hall–Kier alpha value is -0.610. The molecule has 0 aliphatic rings. The van der Waals surface area contributed by atoms with Crippen LogP contribution in [0.2, 0.25) is 0 Å². The van der Waals surface area contributed by atoms with Crippen molar-refractivity contribution in [2.75, 3.05) is 27.3 Å². The molecule has 0 saturated heterocycles. The van der Waals surface area contributed by atoms with Gasteiger partial charge >= 0.3 is 5.97 Å². The van der Waals surface area contributed by atoms with Crippen LogP contribution in [0.5, 0.6) is 0 Å². The summed E-state index contributed by atoms with van der Waals surface area (Å²) in [7, 11) is 3.77. The van der Waals surface area contributed by atoms with Gasteiger partial charge in [0.15, 0.2) is 0 Å². The molecular weight excluding hydrogens is 302 g/mol. The largest absolute Gasteiger partial charge is 0.465 e. The third-order valence-corrected chi connectivity index (χ3v) is 4.29. The number of nitrogens with zero attached hydrogens (tertiary/aromatic N) is 1. The molecule has 4 nitrogen and oxygen atoms in total. The van der Waals surface area contributed by atoms with Gasteiger partial charge in [-0.1, -0.05) is 58.8 Å². The van der Waals surface area contributed by atoms with E-state index >= 15 is 0 Å². The van der Waals surface area contributed by atoms with E-state index in [1.54, 1.807) is 5.06 Å². The smallest absolute Gasteiger partial charge is 0.305 e. The molecule has 0 aromatic heterocycles. The number of rotatable bonds is 17. The quantitative estimate of drug-likeness (QED) is 0.202. The van der Waals surface area contributed by atoms with Crippen LogP contribution in [-0.2, 0) is 14.4 Å². The van der Waals surface area contributed by atoms with E-state index in [4.69, 9.17) is 9.57 Å². The fourth-order valence-corrected chi connectivity index (χ4v) is 2.74. The monoisotopic (exact) mass is 343 g/mol. The lowest BCUT2D eigenvalue weighted by molar-refractivity contribution is -0.145. The first-order valence-electron chi connectivity index (χ1n) is 10.1. The Bertz CT molecular complexity index is 282. The van der Waals surface area contributed by atoms with Crippen LogP contribution in [0.3, 0.4) is 0 Å². The van der Waals surface area contributed by atoms with E-state index in [1.165, 1.54) is 51.4 Å². The molecule has 0 aliphatic carbocycles. The molecule has 0 amide bonds. The van der Waals surface area contributed by atoms with E-state index in [2.05, 4.69) is 13.8 Å². The summed E-state index contributed by atoms with van der Waals surface area (Å²) in [6, 6.07) is 0. The number of ether oxygens (including phenoxy) is 1. The number of hydroxylamine groups is 2. The van der Waals surface area contributed by atoms with Crippen molar-refractivity contribution in [2.45, 2.75) is 90.9 Å². The first kappa shape index (κ1) is 23.4. The van der Waals surface area contributed by atoms with Gasteiger partial charge in [0.05, 0.1) is 13.2 Å². The van der Waals surface area contributed by atoms with Gasteiger partial charge in [0, 0.05) is 20.5 Å². The molecule has 24 heavy (non-hydrogen) atoms. The molecule has 0 bridgehead atoms. The Kier molecular flexibility index (Phi) is 16.8. The van der Waals surface area contributed by atoms with E-state index in [1.807, 2.05) is 14.1 Å². The standard InChI is InChI=1S/C20H41NO3/c1-5-7-9-11-15-19(14-8-6-2)18-23-20(22)16-12-10-13-17-24-21(3)4/h19H,5-18H2,1-4H3. The van der Waals surface area contributed by atoms with Gasteiger partial charge in [0.25, 0.3) is 0 Å². The van der Waals surface area contributed by atoms with Crippen LogP contribution in [0.1, 0.15) is 90.9 Å². The highest BCUT2D eigenvalue weighted by atomic mass is 16.7. The van der Waals surface area contributed by atoms with Gasteiger partial charge in [-0.15, -0.1) is 0 Å². The molecule has 144 valence electrons. The highest BCUT2D eigenvalue weighted by molar-refractivity contribution is 5.69. The summed E-state index contributed by atoms with van der Waals surface area (Å²) in [5, 5.41) is 1.71. The lowest BCUT2D eigenvalue weighted by atomic mass is 9.96. The molecule has 1 atom stereocenters. The average Bonchev–Trinajstić information content (AvgIpc) is 2.56. The summed E-state index contributed by atoms with van der Waals surface area (Å²) in [6.07, 6.45) is 13.5. The maximum atomic E-state index is 11.9. The zero-order chi connectivity index (χ0) is 18.0. The molecule has 0 radical (unpaired) electrons. The van der Waals surface area contributed by atoms with Crippen molar-refractivity contribution in [1.29, 1.82) is 0 Å². The predicted octanol–water partition coefficient (Wildman–Crippen LogP) is 5.36. The molecule has 0 saturated carbocycles. The number of carbonyl (C=O) groups excluding carboxylic acids is 1. The Morgan fingerprint density at radius 3 is 2.21 bits per heavy atom. The normalized spacial score (nSPS) is 12.5. The molecule has 0 heterocycles. The van der Waals surface area contributed by atoms with Crippen molar-refractivity contribution >= 4 is 5.97 Å². The summed E-state index contributed by atoms with van der Waals surface area (Å²) in [4.78, 5) is 17.2. The van der Waals surface area contributed by atoms with E-state index in [-0.39, 0.29) is 5.97 Å². The third-order valence-electron chi connectivity index (χ3n) is 4.29. The Morgan fingerprint density at radius 2 is 1.54 bits per heavy atom. The first-order valence-corrected chi connectivity index (χ1v) is 10.1. The minimum Gasteiger partial charge on any atom is -0.465 e. The van der Waals surface area contributed by atoms with Crippen LogP contribution in [0.25, 0.3) is 0 Å². The third kappa shape index (κ3) is 16.3.